The molecule has 0 aromatic heterocycles. The molecular formula is C17H24ClNO3. The highest BCUT2D eigenvalue weighted by molar-refractivity contribution is 6.32. The average molecular weight is 326 g/mol. The van der Waals surface area contributed by atoms with Crippen molar-refractivity contribution < 1.29 is 14.3 Å². The molecule has 0 radical (unpaired) electrons. The molecule has 122 valence electrons. The number of rotatable bonds is 5. The minimum absolute atomic E-state index is 0.0362. The van der Waals surface area contributed by atoms with Crippen molar-refractivity contribution in [3.8, 4) is 5.75 Å². The number of hydrogen-bond acceptors (Lipinski definition) is 3. The predicted octanol–water partition coefficient (Wildman–Crippen LogP) is 3.49. The molecule has 22 heavy (non-hydrogen) atoms. The van der Waals surface area contributed by atoms with E-state index in [-0.39, 0.29) is 18.1 Å². The van der Waals surface area contributed by atoms with Crippen LogP contribution in [0.3, 0.4) is 0 Å². The largest absolute Gasteiger partial charge is 0.476 e. The molecule has 1 aliphatic rings. The Morgan fingerprint density at radius 1 is 1.50 bits per heavy atom. The van der Waals surface area contributed by atoms with E-state index in [1.165, 1.54) is 0 Å². The SMILES string of the molecule is Cc1ccc(Cl)c(OC(C)(C)C(=O)NC(C)C2CCCO2)c1. The molecule has 0 bridgehead atoms. The Kier molecular flexibility index (Phi) is 5.35. The summed E-state index contributed by atoms with van der Waals surface area (Å²) in [5.74, 6) is 0.347. The van der Waals surface area contributed by atoms with Gasteiger partial charge in [0.15, 0.2) is 5.60 Å². The number of nitrogens with one attached hydrogen (secondary N) is 1. The van der Waals surface area contributed by atoms with Crippen LogP contribution in [0.1, 0.15) is 39.2 Å². The lowest BCUT2D eigenvalue weighted by atomic mass is 10.1. The molecular weight excluding hydrogens is 302 g/mol. The van der Waals surface area contributed by atoms with Gasteiger partial charge < -0.3 is 14.8 Å². The van der Waals surface area contributed by atoms with Crippen molar-refractivity contribution in [2.45, 2.75) is 58.3 Å². The fraction of sp³-hybridized carbons (Fsp3) is 0.588. The zero-order chi connectivity index (χ0) is 16.3. The molecule has 2 atom stereocenters. The molecule has 0 spiro atoms. The van der Waals surface area contributed by atoms with Crippen molar-refractivity contribution in [3.05, 3.63) is 28.8 Å². The van der Waals surface area contributed by atoms with Crippen molar-refractivity contribution >= 4 is 17.5 Å². The molecule has 1 heterocycles. The second kappa shape index (κ2) is 6.88. The molecule has 1 amide bonds. The van der Waals surface area contributed by atoms with Gasteiger partial charge in [-0.05, 0) is 58.2 Å². The predicted molar refractivity (Wildman–Crippen MR) is 87.5 cm³/mol. The van der Waals surface area contributed by atoms with E-state index in [9.17, 15) is 4.79 Å². The maximum Gasteiger partial charge on any atom is 0.263 e. The molecule has 1 aliphatic heterocycles. The second-order valence-corrected chi connectivity index (χ2v) is 6.77. The van der Waals surface area contributed by atoms with Crippen molar-refractivity contribution in [2.75, 3.05) is 6.61 Å². The molecule has 0 saturated carbocycles. The van der Waals surface area contributed by atoms with E-state index >= 15 is 0 Å². The van der Waals surface area contributed by atoms with Gasteiger partial charge in [0, 0.05) is 6.61 Å². The molecule has 1 fully saturated rings. The van der Waals surface area contributed by atoms with Crippen LogP contribution in [0, 0.1) is 6.92 Å². The Bertz CT molecular complexity index is 539. The smallest absolute Gasteiger partial charge is 0.263 e. The molecule has 0 aliphatic carbocycles. The highest BCUT2D eigenvalue weighted by Crippen LogP contribution is 2.29. The van der Waals surface area contributed by atoms with E-state index in [1.54, 1.807) is 19.9 Å². The monoisotopic (exact) mass is 325 g/mol. The summed E-state index contributed by atoms with van der Waals surface area (Å²) in [6.07, 6.45) is 2.11. The lowest BCUT2D eigenvalue weighted by Crippen LogP contribution is -2.52. The van der Waals surface area contributed by atoms with Gasteiger partial charge in [-0.3, -0.25) is 4.79 Å². The third kappa shape index (κ3) is 4.14. The molecule has 4 nitrogen and oxygen atoms in total. The Labute approximate surface area is 137 Å². The van der Waals surface area contributed by atoms with Gasteiger partial charge in [-0.1, -0.05) is 17.7 Å². The Morgan fingerprint density at radius 2 is 2.23 bits per heavy atom. The van der Waals surface area contributed by atoms with Gasteiger partial charge in [0.2, 0.25) is 0 Å². The van der Waals surface area contributed by atoms with Gasteiger partial charge in [-0.25, -0.2) is 0 Å². The van der Waals surface area contributed by atoms with Crippen molar-refractivity contribution in [1.82, 2.24) is 5.32 Å². The lowest BCUT2D eigenvalue weighted by molar-refractivity contribution is -0.135. The van der Waals surface area contributed by atoms with Crippen LogP contribution in [0.25, 0.3) is 0 Å². The summed E-state index contributed by atoms with van der Waals surface area (Å²) in [6, 6.07) is 5.48. The van der Waals surface area contributed by atoms with Crippen LogP contribution in [0.2, 0.25) is 5.02 Å². The van der Waals surface area contributed by atoms with Crippen LogP contribution < -0.4 is 10.1 Å². The zero-order valence-corrected chi connectivity index (χ0v) is 14.4. The summed E-state index contributed by atoms with van der Waals surface area (Å²) in [5, 5.41) is 3.48. The molecule has 5 heteroatoms. The first-order chi connectivity index (χ1) is 10.3. The fourth-order valence-corrected chi connectivity index (χ4v) is 2.64. The van der Waals surface area contributed by atoms with Crippen LogP contribution in [0.5, 0.6) is 5.75 Å². The molecule has 1 N–H and O–H groups in total. The maximum absolute atomic E-state index is 12.5. The van der Waals surface area contributed by atoms with E-state index in [1.807, 2.05) is 26.0 Å². The number of benzene rings is 1. The third-order valence-corrected chi connectivity index (χ3v) is 4.19. The molecule has 2 unspecified atom stereocenters. The summed E-state index contributed by atoms with van der Waals surface area (Å²) in [4.78, 5) is 12.5. The van der Waals surface area contributed by atoms with Gasteiger partial charge in [0.05, 0.1) is 17.2 Å². The topological polar surface area (TPSA) is 47.6 Å². The van der Waals surface area contributed by atoms with Crippen LogP contribution in [-0.4, -0.2) is 30.3 Å². The van der Waals surface area contributed by atoms with Crippen LogP contribution in [0.4, 0.5) is 0 Å². The number of halogens is 1. The van der Waals surface area contributed by atoms with Gasteiger partial charge in [0.25, 0.3) is 5.91 Å². The van der Waals surface area contributed by atoms with Crippen LogP contribution in [0.15, 0.2) is 18.2 Å². The number of aryl methyl sites for hydroxylation is 1. The third-order valence-electron chi connectivity index (χ3n) is 3.88. The summed E-state index contributed by atoms with van der Waals surface area (Å²) < 4.78 is 11.5. The quantitative estimate of drug-likeness (QED) is 0.901. The van der Waals surface area contributed by atoms with Crippen molar-refractivity contribution in [1.29, 1.82) is 0 Å². The van der Waals surface area contributed by atoms with E-state index in [4.69, 9.17) is 21.1 Å². The summed E-state index contributed by atoms with van der Waals surface area (Å²) >= 11 is 6.14. The van der Waals surface area contributed by atoms with Crippen molar-refractivity contribution in [2.24, 2.45) is 0 Å². The molecule has 1 aromatic rings. The number of carbonyl (C=O) groups excluding carboxylic acids is 1. The average Bonchev–Trinajstić information content (AvgIpc) is 2.96. The minimum atomic E-state index is -1.01. The van der Waals surface area contributed by atoms with E-state index < -0.39 is 5.60 Å². The van der Waals surface area contributed by atoms with Crippen LogP contribution >= 0.6 is 11.6 Å². The van der Waals surface area contributed by atoms with Gasteiger partial charge in [-0.2, -0.15) is 0 Å². The van der Waals surface area contributed by atoms with Crippen LogP contribution in [-0.2, 0) is 9.53 Å². The highest BCUT2D eigenvalue weighted by Gasteiger charge is 2.33. The first-order valence-electron chi connectivity index (χ1n) is 7.67. The van der Waals surface area contributed by atoms with E-state index in [2.05, 4.69) is 5.32 Å². The summed E-state index contributed by atoms with van der Waals surface area (Å²) in [6.45, 7) is 8.16. The number of hydrogen-bond donors (Lipinski definition) is 1. The lowest BCUT2D eigenvalue weighted by Gasteiger charge is -2.29. The number of ether oxygens (including phenoxy) is 2. The summed E-state index contributed by atoms with van der Waals surface area (Å²) in [5.41, 5.74) is 0.0212. The molecule has 2 rings (SSSR count). The Hall–Kier alpha value is -1.26. The molecule has 1 aromatic carbocycles. The number of amides is 1. The highest BCUT2D eigenvalue weighted by atomic mass is 35.5. The van der Waals surface area contributed by atoms with Crippen molar-refractivity contribution in [3.63, 3.8) is 0 Å². The first kappa shape index (κ1) is 17.1. The maximum atomic E-state index is 12.5. The standard InChI is InChI=1S/C17H24ClNO3/c1-11-7-8-13(18)15(10-11)22-17(3,4)16(20)19-12(2)14-6-5-9-21-14/h7-8,10,12,14H,5-6,9H2,1-4H3,(H,19,20). The van der Waals surface area contributed by atoms with Gasteiger partial charge in [-0.15, -0.1) is 0 Å². The summed E-state index contributed by atoms with van der Waals surface area (Å²) in [7, 11) is 0. The second-order valence-electron chi connectivity index (χ2n) is 6.36. The van der Waals surface area contributed by atoms with E-state index in [0.717, 1.165) is 25.0 Å². The number of carbonyl (C=O) groups is 1. The van der Waals surface area contributed by atoms with Gasteiger partial charge in [0.1, 0.15) is 5.75 Å². The molecule has 1 saturated heterocycles. The normalized spacial score (nSPS) is 19.8. The Morgan fingerprint density at radius 3 is 2.86 bits per heavy atom. The Balaban J connectivity index is 2.02. The zero-order valence-electron chi connectivity index (χ0n) is 13.6. The first-order valence-corrected chi connectivity index (χ1v) is 8.05. The van der Waals surface area contributed by atoms with E-state index in [0.29, 0.717) is 10.8 Å². The minimum Gasteiger partial charge on any atom is -0.476 e. The van der Waals surface area contributed by atoms with Gasteiger partial charge >= 0.3 is 0 Å². The fourth-order valence-electron chi connectivity index (χ4n) is 2.48.